The van der Waals surface area contributed by atoms with Crippen LogP contribution in [0.25, 0.3) is 0 Å². The first-order valence-electron chi connectivity index (χ1n) is 11.3. The van der Waals surface area contributed by atoms with Crippen LogP contribution >= 0.6 is 0 Å². The number of methoxy groups -OCH3 is 2. The number of hydrogen-bond donors (Lipinski definition) is 2. The molecule has 0 saturated carbocycles. The number of amides is 2. The standard InChI is InChI=1S/C25H32N4O6/c1-5-34-22-12-10-20(32-3)14-18(22)16-26-28-24(30)8-7-9-25(31)29-27-17-19-15-21(33-4)11-13-23(19)35-6-2/h10-17H,5-9H2,1-4H3,(H,28,30)(H,29,31). The van der Waals surface area contributed by atoms with Crippen molar-refractivity contribution in [3.63, 3.8) is 0 Å². The highest BCUT2D eigenvalue weighted by molar-refractivity contribution is 5.87. The van der Waals surface area contributed by atoms with Crippen LogP contribution in [-0.2, 0) is 9.59 Å². The zero-order chi connectivity index (χ0) is 25.5. The van der Waals surface area contributed by atoms with Gasteiger partial charge in [0.25, 0.3) is 0 Å². The molecule has 0 fully saturated rings. The lowest BCUT2D eigenvalue weighted by molar-refractivity contribution is -0.122. The van der Waals surface area contributed by atoms with Crippen LogP contribution in [0.15, 0.2) is 46.6 Å². The van der Waals surface area contributed by atoms with Crippen LogP contribution in [0.4, 0.5) is 0 Å². The molecule has 0 bridgehead atoms. The van der Waals surface area contributed by atoms with Gasteiger partial charge in [0.05, 0.1) is 39.9 Å². The Balaban J connectivity index is 1.78. The monoisotopic (exact) mass is 484 g/mol. The van der Waals surface area contributed by atoms with Gasteiger partial charge < -0.3 is 18.9 Å². The van der Waals surface area contributed by atoms with Crippen LogP contribution in [0.3, 0.4) is 0 Å². The first-order valence-corrected chi connectivity index (χ1v) is 11.3. The minimum atomic E-state index is -0.309. The van der Waals surface area contributed by atoms with Crippen molar-refractivity contribution in [2.24, 2.45) is 10.2 Å². The molecule has 2 rings (SSSR count). The molecule has 35 heavy (non-hydrogen) atoms. The molecular formula is C25H32N4O6. The fourth-order valence-corrected chi connectivity index (χ4v) is 2.95. The molecule has 2 aromatic carbocycles. The molecule has 0 unspecified atom stereocenters. The molecule has 10 nitrogen and oxygen atoms in total. The first-order chi connectivity index (χ1) is 17.0. The van der Waals surface area contributed by atoms with Crippen molar-refractivity contribution < 1.29 is 28.5 Å². The number of hydrazone groups is 2. The van der Waals surface area contributed by atoms with Gasteiger partial charge >= 0.3 is 0 Å². The van der Waals surface area contributed by atoms with Gasteiger partial charge in [-0.15, -0.1) is 0 Å². The van der Waals surface area contributed by atoms with Crippen LogP contribution in [0, 0.1) is 0 Å². The van der Waals surface area contributed by atoms with E-state index in [2.05, 4.69) is 21.1 Å². The molecule has 0 saturated heterocycles. The topological polar surface area (TPSA) is 120 Å². The van der Waals surface area contributed by atoms with E-state index in [0.29, 0.717) is 53.8 Å². The van der Waals surface area contributed by atoms with Crippen molar-refractivity contribution in [3.05, 3.63) is 47.5 Å². The molecule has 0 atom stereocenters. The second kappa shape index (κ2) is 14.9. The Morgan fingerprint density at radius 1 is 0.771 bits per heavy atom. The molecular weight excluding hydrogens is 452 g/mol. The Morgan fingerprint density at radius 2 is 1.20 bits per heavy atom. The van der Waals surface area contributed by atoms with Gasteiger partial charge in [0.2, 0.25) is 11.8 Å². The van der Waals surface area contributed by atoms with E-state index in [1.54, 1.807) is 50.6 Å². The molecule has 0 spiro atoms. The summed E-state index contributed by atoms with van der Waals surface area (Å²) in [5.41, 5.74) is 6.25. The Morgan fingerprint density at radius 3 is 1.57 bits per heavy atom. The highest BCUT2D eigenvalue weighted by Gasteiger charge is 2.07. The van der Waals surface area contributed by atoms with Gasteiger partial charge in [-0.3, -0.25) is 9.59 Å². The molecule has 2 N–H and O–H groups in total. The summed E-state index contributed by atoms with van der Waals surface area (Å²) in [4.78, 5) is 24.1. The third kappa shape index (κ3) is 9.36. The number of carbonyl (C=O) groups excluding carboxylic acids is 2. The van der Waals surface area contributed by atoms with Gasteiger partial charge in [0.15, 0.2) is 0 Å². The van der Waals surface area contributed by atoms with Crippen LogP contribution in [-0.4, -0.2) is 51.7 Å². The third-order valence-corrected chi connectivity index (χ3v) is 4.63. The van der Waals surface area contributed by atoms with Crippen LogP contribution in [0.1, 0.15) is 44.2 Å². The Labute approximate surface area is 205 Å². The minimum absolute atomic E-state index is 0.134. The second-order valence-electron chi connectivity index (χ2n) is 7.11. The number of hydrogen-bond acceptors (Lipinski definition) is 8. The lowest BCUT2D eigenvalue weighted by atomic mass is 10.2. The third-order valence-electron chi connectivity index (χ3n) is 4.63. The maximum atomic E-state index is 12.0. The first kappa shape index (κ1) is 27.2. The largest absolute Gasteiger partial charge is 0.497 e. The van der Waals surface area contributed by atoms with E-state index in [1.807, 2.05) is 13.8 Å². The van der Waals surface area contributed by atoms with Gasteiger partial charge in [-0.05, 0) is 56.7 Å². The van der Waals surface area contributed by atoms with E-state index in [-0.39, 0.29) is 24.7 Å². The Kier molecular flexibility index (Phi) is 11.6. The van der Waals surface area contributed by atoms with Crippen molar-refractivity contribution in [3.8, 4) is 23.0 Å². The van der Waals surface area contributed by atoms with Crippen LogP contribution < -0.4 is 29.8 Å². The fourth-order valence-electron chi connectivity index (χ4n) is 2.95. The second-order valence-corrected chi connectivity index (χ2v) is 7.11. The highest BCUT2D eigenvalue weighted by atomic mass is 16.5. The van der Waals surface area contributed by atoms with Crippen molar-refractivity contribution in [2.75, 3.05) is 27.4 Å². The van der Waals surface area contributed by atoms with Crippen molar-refractivity contribution in [2.45, 2.75) is 33.1 Å². The number of ether oxygens (including phenoxy) is 4. The molecule has 2 aromatic rings. The van der Waals surface area contributed by atoms with Crippen LogP contribution in [0.2, 0.25) is 0 Å². The molecule has 2 amide bonds. The highest BCUT2D eigenvalue weighted by Crippen LogP contribution is 2.23. The number of benzene rings is 2. The normalized spacial score (nSPS) is 10.9. The summed E-state index contributed by atoms with van der Waals surface area (Å²) < 4.78 is 21.5. The zero-order valence-corrected chi connectivity index (χ0v) is 20.5. The smallest absolute Gasteiger partial charge is 0.240 e. The molecule has 0 radical (unpaired) electrons. The lowest BCUT2D eigenvalue weighted by Crippen LogP contribution is -2.20. The van der Waals surface area contributed by atoms with E-state index in [0.717, 1.165) is 0 Å². The summed E-state index contributed by atoms with van der Waals surface area (Å²) in [7, 11) is 3.13. The lowest BCUT2D eigenvalue weighted by Gasteiger charge is -2.08. The summed E-state index contributed by atoms with van der Waals surface area (Å²) in [5.74, 6) is 1.94. The zero-order valence-electron chi connectivity index (χ0n) is 20.5. The number of rotatable bonds is 14. The van der Waals surface area contributed by atoms with E-state index in [4.69, 9.17) is 18.9 Å². The predicted octanol–water partition coefficient (Wildman–Crippen LogP) is 3.27. The summed E-state index contributed by atoms with van der Waals surface area (Å²) in [6, 6.07) is 10.6. The summed E-state index contributed by atoms with van der Waals surface area (Å²) in [6.07, 6.45) is 3.59. The Bertz CT molecular complexity index is 957. The SMILES string of the molecule is CCOc1ccc(OC)cc1C=NNC(=O)CCCC(=O)NN=Cc1cc(OC)ccc1OCC. The number of nitrogens with one attached hydrogen (secondary N) is 2. The molecule has 0 aliphatic rings. The quantitative estimate of drug-likeness (QED) is 0.314. The van der Waals surface area contributed by atoms with E-state index in [9.17, 15) is 9.59 Å². The predicted molar refractivity (Wildman–Crippen MR) is 134 cm³/mol. The van der Waals surface area contributed by atoms with Gasteiger partial charge in [-0.1, -0.05) is 0 Å². The molecule has 0 aromatic heterocycles. The molecule has 188 valence electrons. The maximum Gasteiger partial charge on any atom is 0.240 e. The van der Waals surface area contributed by atoms with E-state index >= 15 is 0 Å². The average Bonchev–Trinajstić information content (AvgIpc) is 2.86. The summed E-state index contributed by atoms with van der Waals surface area (Å²) >= 11 is 0. The summed E-state index contributed by atoms with van der Waals surface area (Å²) in [6.45, 7) is 4.76. The average molecular weight is 485 g/mol. The van der Waals surface area contributed by atoms with Crippen molar-refractivity contribution in [1.82, 2.24) is 10.9 Å². The van der Waals surface area contributed by atoms with E-state index < -0.39 is 0 Å². The molecule has 0 aliphatic carbocycles. The molecule has 0 heterocycles. The maximum absolute atomic E-state index is 12.0. The van der Waals surface area contributed by atoms with E-state index in [1.165, 1.54) is 12.4 Å². The van der Waals surface area contributed by atoms with Gasteiger partial charge in [0, 0.05) is 24.0 Å². The molecule has 10 heteroatoms. The van der Waals surface area contributed by atoms with Crippen molar-refractivity contribution in [1.29, 1.82) is 0 Å². The fraction of sp³-hybridized carbons (Fsp3) is 0.360. The van der Waals surface area contributed by atoms with Gasteiger partial charge in [-0.2, -0.15) is 10.2 Å². The molecule has 0 aliphatic heterocycles. The Hall–Kier alpha value is -4.08. The van der Waals surface area contributed by atoms with Gasteiger partial charge in [-0.25, -0.2) is 10.9 Å². The number of nitrogens with zero attached hydrogens (tertiary/aromatic N) is 2. The van der Waals surface area contributed by atoms with Crippen LogP contribution in [0.5, 0.6) is 23.0 Å². The van der Waals surface area contributed by atoms with Crippen molar-refractivity contribution >= 4 is 24.2 Å². The minimum Gasteiger partial charge on any atom is -0.497 e. The number of carbonyl (C=O) groups is 2. The summed E-state index contributed by atoms with van der Waals surface area (Å²) in [5, 5.41) is 7.94. The van der Waals surface area contributed by atoms with Gasteiger partial charge in [0.1, 0.15) is 23.0 Å².